The summed E-state index contributed by atoms with van der Waals surface area (Å²) in [6, 6.07) is 31.0. The number of benzene rings is 6. The molecule has 0 aliphatic carbocycles. The van der Waals surface area contributed by atoms with Gasteiger partial charge in [0.2, 0.25) is 0 Å². The van der Waals surface area contributed by atoms with Crippen LogP contribution in [0.1, 0.15) is 374 Å². The molecule has 5 heteroatoms. The topological polar surface area (TPSA) is 80.9 Å². The Balaban J connectivity index is 1.31. The Morgan fingerprint density at radius 1 is 0.253 bits per heavy atom. The van der Waals surface area contributed by atoms with Crippen LogP contribution in [-0.2, 0) is 25.7 Å². The van der Waals surface area contributed by atoms with E-state index in [1.807, 2.05) is 0 Å². The quantitative estimate of drug-likeness (QED) is 0.0226. The monoisotopic (exact) mass is 1310 g/mol. The Bertz CT molecular complexity index is 2950. The summed E-state index contributed by atoms with van der Waals surface area (Å²) < 4.78 is 2.25. The number of unbranched alkanes of at least 4 members (excludes halogenated alkanes) is 36. The molecule has 4 nitrogen and oxygen atoms in total. The molecule has 0 saturated heterocycles. The fourth-order valence-corrected chi connectivity index (χ4v) is 17.1. The minimum atomic E-state index is -0.466. The molecule has 0 amide bonds. The van der Waals surface area contributed by atoms with Crippen molar-refractivity contribution in [1.82, 2.24) is 0 Å². The first kappa shape index (κ1) is 77.1. The van der Waals surface area contributed by atoms with Crippen molar-refractivity contribution in [2.75, 3.05) is 0 Å². The molecule has 0 unspecified atom stereocenters. The summed E-state index contributed by atoms with van der Waals surface area (Å²) in [5.74, 6) is 0.456. The van der Waals surface area contributed by atoms with E-state index in [-0.39, 0.29) is 0 Å². The molecule has 0 radical (unpaired) electrons. The molecule has 0 aliphatic rings. The van der Waals surface area contributed by atoms with Crippen LogP contribution in [0, 0.1) is 27.7 Å². The second-order valence-corrected chi connectivity index (χ2v) is 30.6. The zero-order valence-corrected chi connectivity index (χ0v) is 62.4. The molecule has 0 atom stereocenters. The maximum atomic E-state index is 13.0. The number of fused-ring (bicyclic) bond motifs is 3. The lowest BCUT2D eigenvalue weighted by atomic mass is 9.79. The van der Waals surface area contributed by atoms with Gasteiger partial charge in [0, 0.05) is 54.3 Å². The maximum Gasteiger partial charge on any atom is 0.122 e. The van der Waals surface area contributed by atoms with Crippen LogP contribution >= 0.6 is 11.3 Å². The van der Waals surface area contributed by atoms with Gasteiger partial charge in [-0.15, -0.1) is 11.3 Å². The average molecular weight is 1310 g/mol. The highest BCUT2D eigenvalue weighted by molar-refractivity contribution is 7.26. The highest BCUT2D eigenvalue weighted by Crippen LogP contribution is 2.52. The second kappa shape index (κ2) is 43.2. The minimum Gasteiger partial charge on any atom is -0.507 e. The van der Waals surface area contributed by atoms with Gasteiger partial charge in [0.25, 0.3) is 0 Å². The summed E-state index contributed by atoms with van der Waals surface area (Å²) >= 11 is 1.79. The molecular weight excluding hydrogens is 1180 g/mol. The summed E-state index contributed by atoms with van der Waals surface area (Å²) in [4.78, 5) is 0. The standard InChI is InChI=1S/C90H132O4S/c1-9-13-17-21-25-29-33-37-41-45-51-71-59-67(5)63-79(85(71)91)83(80-64-68(6)60-72(86(80)92)52-46-42-38-34-30-26-22-18-14-10-2)77-57-49-55-75-76-56-50-58-78(90(76)95-89(75)77)84(81-65-69(7)61-73(87(81)93)53-47-43-39-35-31-27-23-19-15-11-3)82-66-70(8)62-74(88(82)94)54-48-44-40-36-32-28-24-20-16-12-4/h49-50,55-66,83-84,91-94H,9-48,51-54H2,1-8H3. The SMILES string of the molecule is CCCCCCCCCCCCc1cc(C)cc(C(c2cc(C)cc(CCCCCCCCCCCC)c2O)c2cccc3c2sc2c(C(c4cc(C)cc(CCCCCCCCCCCC)c4O)c4cc(C)cc(CCCCCCCCCCCC)c4O)cccc23)c1O. The zero-order valence-electron chi connectivity index (χ0n) is 61.5. The van der Waals surface area contributed by atoms with Gasteiger partial charge in [-0.1, -0.05) is 366 Å². The third-order valence-electron chi connectivity index (χ3n) is 21.1. The average Bonchev–Trinajstić information content (AvgIpc) is 1.66. The fourth-order valence-electron chi connectivity index (χ4n) is 15.7. The number of hydrogen-bond donors (Lipinski definition) is 4. The lowest BCUT2D eigenvalue weighted by Gasteiger charge is -2.25. The summed E-state index contributed by atoms with van der Waals surface area (Å²) in [6.45, 7) is 17.8. The van der Waals surface area contributed by atoms with Gasteiger partial charge in [-0.25, -0.2) is 0 Å². The summed E-state index contributed by atoms with van der Waals surface area (Å²) in [5, 5.41) is 54.1. The van der Waals surface area contributed by atoms with Gasteiger partial charge < -0.3 is 20.4 Å². The van der Waals surface area contributed by atoms with E-state index >= 15 is 0 Å². The van der Waals surface area contributed by atoms with Crippen LogP contribution in [0.3, 0.4) is 0 Å². The number of aryl methyl sites for hydroxylation is 8. The molecule has 7 rings (SSSR count). The van der Waals surface area contributed by atoms with E-state index in [9.17, 15) is 20.4 Å². The molecule has 0 saturated carbocycles. The van der Waals surface area contributed by atoms with Gasteiger partial charge in [-0.2, -0.15) is 0 Å². The van der Waals surface area contributed by atoms with E-state index in [1.54, 1.807) is 11.3 Å². The number of phenols is 4. The smallest absolute Gasteiger partial charge is 0.122 e. The van der Waals surface area contributed by atoms with Crippen molar-refractivity contribution in [3.8, 4) is 23.0 Å². The molecule has 1 aromatic heterocycles. The van der Waals surface area contributed by atoms with Gasteiger partial charge in [0.05, 0.1) is 0 Å². The second-order valence-electron chi connectivity index (χ2n) is 29.6. The summed E-state index contributed by atoms with van der Waals surface area (Å²) in [6.07, 6.45) is 53.8. The zero-order chi connectivity index (χ0) is 67.6. The molecule has 1 heterocycles. The lowest BCUT2D eigenvalue weighted by Crippen LogP contribution is -2.08. The number of phenolic OH excluding ortho intramolecular Hbond substituents is 4. The first-order valence-corrected chi connectivity index (χ1v) is 40.5. The van der Waals surface area contributed by atoms with Crippen molar-refractivity contribution >= 4 is 31.5 Å². The van der Waals surface area contributed by atoms with Crippen molar-refractivity contribution in [3.63, 3.8) is 0 Å². The Labute approximate surface area is 584 Å². The molecule has 0 aliphatic heterocycles. The molecule has 522 valence electrons. The van der Waals surface area contributed by atoms with Crippen molar-refractivity contribution in [2.24, 2.45) is 0 Å². The minimum absolute atomic E-state index is 0.347. The highest BCUT2D eigenvalue weighted by Gasteiger charge is 2.32. The Morgan fingerprint density at radius 2 is 0.453 bits per heavy atom. The van der Waals surface area contributed by atoms with Crippen LogP contribution in [-0.4, -0.2) is 20.4 Å². The van der Waals surface area contributed by atoms with E-state index in [4.69, 9.17) is 0 Å². The van der Waals surface area contributed by atoms with Crippen LogP contribution in [0.2, 0.25) is 0 Å². The molecule has 95 heavy (non-hydrogen) atoms. The Kier molecular flexibility index (Phi) is 35.1. The third-order valence-corrected chi connectivity index (χ3v) is 22.4. The van der Waals surface area contributed by atoms with Crippen molar-refractivity contribution in [1.29, 1.82) is 0 Å². The molecule has 0 spiro atoms. The van der Waals surface area contributed by atoms with E-state index in [0.29, 0.717) is 23.0 Å². The van der Waals surface area contributed by atoms with E-state index in [1.165, 1.54) is 205 Å². The number of aromatic hydroxyl groups is 4. The summed E-state index contributed by atoms with van der Waals surface area (Å²) in [5.41, 5.74) is 14.0. The van der Waals surface area contributed by atoms with Gasteiger partial charge in [-0.3, -0.25) is 0 Å². The van der Waals surface area contributed by atoms with E-state index in [2.05, 4.69) is 140 Å². The fraction of sp³-hybridized carbons (Fsp3) is 0.600. The summed E-state index contributed by atoms with van der Waals surface area (Å²) in [7, 11) is 0. The van der Waals surface area contributed by atoms with Gasteiger partial charge in [0.1, 0.15) is 23.0 Å². The van der Waals surface area contributed by atoms with E-state index < -0.39 is 11.8 Å². The molecule has 6 aromatic carbocycles. The Morgan fingerprint density at radius 3 is 0.663 bits per heavy atom. The molecular formula is C90H132O4S. The number of thiophene rings is 1. The largest absolute Gasteiger partial charge is 0.507 e. The molecule has 0 fully saturated rings. The first-order valence-electron chi connectivity index (χ1n) is 39.6. The maximum absolute atomic E-state index is 13.0. The lowest BCUT2D eigenvalue weighted by molar-refractivity contribution is 0.448. The predicted octanol–water partition coefficient (Wildman–Crippen LogP) is 28.3. The number of hydrogen-bond acceptors (Lipinski definition) is 5. The number of rotatable bonds is 50. The van der Waals surface area contributed by atoms with Crippen LogP contribution in [0.25, 0.3) is 20.2 Å². The molecule has 4 N–H and O–H groups in total. The van der Waals surface area contributed by atoms with E-state index in [0.717, 1.165) is 175 Å². The first-order chi connectivity index (χ1) is 46.4. The highest BCUT2D eigenvalue weighted by atomic mass is 32.1. The normalized spacial score (nSPS) is 11.9. The molecule has 0 bridgehead atoms. The Hall–Kier alpha value is -5.26. The van der Waals surface area contributed by atoms with Crippen molar-refractivity contribution < 1.29 is 20.4 Å². The van der Waals surface area contributed by atoms with Crippen molar-refractivity contribution in [2.45, 2.75) is 350 Å². The van der Waals surface area contributed by atoms with Crippen molar-refractivity contribution in [3.05, 3.63) is 163 Å². The van der Waals surface area contributed by atoms with Crippen LogP contribution in [0.5, 0.6) is 23.0 Å². The van der Waals surface area contributed by atoms with Gasteiger partial charge >= 0.3 is 0 Å². The van der Waals surface area contributed by atoms with Crippen LogP contribution in [0.15, 0.2) is 84.9 Å². The molecule has 7 aromatic rings. The predicted molar refractivity (Wildman–Crippen MR) is 415 cm³/mol. The van der Waals surface area contributed by atoms with Gasteiger partial charge in [-0.05, 0) is 112 Å². The third kappa shape index (κ3) is 24.0. The van der Waals surface area contributed by atoms with Crippen LogP contribution < -0.4 is 0 Å². The van der Waals surface area contributed by atoms with Gasteiger partial charge in [0.15, 0.2) is 0 Å². The van der Waals surface area contributed by atoms with Crippen LogP contribution in [0.4, 0.5) is 0 Å².